The first kappa shape index (κ1) is 17.5. The highest BCUT2D eigenvalue weighted by Crippen LogP contribution is 2.31. The maximum Gasteiger partial charge on any atom is 0.265 e. The van der Waals surface area contributed by atoms with Gasteiger partial charge in [-0.15, -0.1) is 0 Å². The Morgan fingerprint density at radius 2 is 1.85 bits per heavy atom. The number of imide groups is 1. The van der Waals surface area contributed by atoms with Crippen molar-refractivity contribution >= 4 is 29.6 Å². The van der Waals surface area contributed by atoms with E-state index in [-0.39, 0.29) is 24.3 Å². The van der Waals surface area contributed by atoms with Gasteiger partial charge in [-0.3, -0.25) is 19.4 Å². The predicted molar refractivity (Wildman–Crippen MR) is 99.6 cm³/mol. The number of hydrogen-bond acceptors (Lipinski definition) is 4. The second-order valence-electron chi connectivity index (χ2n) is 6.04. The lowest BCUT2D eigenvalue weighted by Gasteiger charge is -2.31. The molecule has 0 spiro atoms. The number of anilines is 1. The number of hydrogen-bond donors (Lipinski definition) is 1. The molecule has 0 aromatic heterocycles. The second-order valence-corrected chi connectivity index (χ2v) is 6.04. The fourth-order valence-electron chi connectivity index (χ4n) is 2.86. The maximum absolute atomic E-state index is 13.0. The summed E-state index contributed by atoms with van der Waals surface area (Å²) in [7, 11) is 1.52. The van der Waals surface area contributed by atoms with E-state index in [1.54, 1.807) is 36.4 Å². The van der Waals surface area contributed by atoms with Gasteiger partial charge in [0.2, 0.25) is 11.8 Å². The van der Waals surface area contributed by atoms with Crippen LogP contribution in [-0.4, -0.2) is 37.5 Å². The zero-order chi connectivity index (χ0) is 18.7. The van der Waals surface area contributed by atoms with Gasteiger partial charge in [0.05, 0.1) is 11.6 Å². The normalized spacial score (nSPS) is 16.7. The van der Waals surface area contributed by atoms with Gasteiger partial charge in [0.15, 0.2) is 0 Å². The van der Waals surface area contributed by atoms with E-state index in [2.05, 4.69) is 10.3 Å². The monoisotopic (exact) mass is 349 g/mol. The number of benzene rings is 2. The molecule has 1 N–H and O–H groups in total. The van der Waals surface area contributed by atoms with E-state index in [4.69, 9.17) is 0 Å². The van der Waals surface area contributed by atoms with Gasteiger partial charge >= 0.3 is 0 Å². The van der Waals surface area contributed by atoms with Gasteiger partial charge in [0.1, 0.15) is 6.54 Å². The largest absolute Gasteiger partial charge is 0.358 e. The van der Waals surface area contributed by atoms with Crippen molar-refractivity contribution < 1.29 is 14.4 Å². The summed E-state index contributed by atoms with van der Waals surface area (Å²) < 4.78 is 0. The van der Waals surface area contributed by atoms with E-state index in [1.165, 1.54) is 18.2 Å². The molecule has 0 fully saturated rings. The Balaban J connectivity index is 2.02. The van der Waals surface area contributed by atoms with Crippen LogP contribution >= 0.6 is 0 Å². The van der Waals surface area contributed by atoms with Crippen molar-refractivity contribution in [3.05, 3.63) is 65.2 Å². The fourth-order valence-corrected chi connectivity index (χ4v) is 2.86. The molecule has 26 heavy (non-hydrogen) atoms. The molecule has 1 atom stereocenters. The van der Waals surface area contributed by atoms with Crippen LogP contribution in [0.5, 0.6) is 0 Å². The summed E-state index contributed by atoms with van der Waals surface area (Å²) in [5.74, 6) is -1.69. The molecule has 0 radical (unpaired) electrons. The first-order chi connectivity index (χ1) is 12.5. The molecular weight excluding hydrogens is 330 g/mol. The molecule has 2 aromatic carbocycles. The molecule has 2 aromatic rings. The Morgan fingerprint density at radius 3 is 2.54 bits per heavy atom. The van der Waals surface area contributed by atoms with Crippen LogP contribution in [0.15, 0.2) is 53.5 Å². The van der Waals surface area contributed by atoms with E-state index >= 15 is 0 Å². The Kier molecular flexibility index (Phi) is 4.93. The van der Waals surface area contributed by atoms with Crippen LogP contribution in [0.3, 0.4) is 0 Å². The molecule has 3 rings (SSSR count). The van der Waals surface area contributed by atoms with Gasteiger partial charge in [-0.2, -0.15) is 0 Å². The molecule has 1 aliphatic rings. The molecule has 6 heteroatoms. The Morgan fingerprint density at radius 1 is 1.15 bits per heavy atom. The van der Waals surface area contributed by atoms with E-state index < -0.39 is 5.92 Å². The summed E-state index contributed by atoms with van der Waals surface area (Å²) in [6.45, 7) is 1.87. The number of rotatable bonds is 4. The number of nitrogens with zero attached hydrogens (tertiary/aromatic N) is 2. The fraction of sp³-hybridized carbons (Fsp3) is 0.200. The zero-order valence-electron chi connectivity index (χ0n) is 14.6. The van der Waals surface area contributed by atoms with Gasteiger partial charge in [-0.1, -0.05) is 35.9 Å². The summed E-state index contributed by atoms with van der Waals surface area (Å²) in [4.78, 5) is 42.6. The highest BCUT2D eigenvalue weighted by Gasteiger charge is 2.38. The van der Waals surface area contributed by atoms with E-state index in [0.29, 0.717) is 16.8 Å². The summed E-state index contributed by atoms with van der Waals surface area (Å²) >= 11 is 0. The first-order valence-corrected chi connectivity index (χ1v) is 8.27. The zero-order valence-corrected chi connectivity index (χ0v) is 14.6. The SMILES string of the molecule is CNC(=O)CN=C[C@H]1C(=O)N(c2ccc(C)cc2)C(=O)c2ccccc21. The highest BCUT2D eigenvalue weighted by atomic mass is 16.2. The quantitative estimate of drug-likeness (QED) is 0.678. The van der Waals surface area contributed by atoms with Crippen molar-refractivity contribution in [2.45, 2.75) is 12.8 Å². The Hall–Kier alpha value is -3.28. The third-order valence-corrected chi connectivity index (χ3v) is 4.28. The minimum atomic E-state index is -0.713. The molecule has 0 unspecified atom stereocenters. The van der Waals surface area contributed by atoms with Crippen LogP contribution in [0.4, 0.5) is 5.69 Å². The summed E-state index contributed by atoms with van der Waals surface area (Å²) in [5, 5.41) is 2.48. The average Bonchev–Trinajstić information content (AvgIpc) is 2.65. The van der Waals surface area contributed by atoms with Crippen LogP contribution in [-0.2, 0) is 9.59 Å². The molecule has 1 heterocycles. The third kappa shape index (κ3) is 3.26. The van der Waals surface area contributed by atoms with Crippen molar-refractivity contribution in [1.29, 1.82) is 0 Å². The number of aryl methyl sites for hydroxylation is 1. The molecule has 0 saturated heterocycles. The number of amides is 3. The number of carbonyl (C=O) groups is 3. The topological polar surface area (TPSA) is 78.8 Å². The molecule has 0 aliphatic carbocycles. The molecular formula is C20H19N3O3. The lowest BCUT2D eigenvalue weighted by Crippen LogP contribution is -2.45. The van der Waals surface area contributed by atoms with Crippen LogP contribution in [0.25, 0.3) is 0 Å². The summed E-state index contributed by atoms with van der Waals surface area (Å²) in [6.07, 6.45) is 1.45. The van der Waals surface area contributed by atoms with Crippen molar-refractivity contribution in [3.63, 3.8) is 0 Å². The number of likely N-dealkylation sites (N-methyl/N-ethyl adjacent to an activating group) is 1. The lowest BCUT2D eigenvalue weighted by molar-refractivity contribution is -0.119. The predicted octanol–water partition coefficient (Wildman–Crippen LogP) is 2.08. The molecule has 3 amide bonds. The second kappa shape index (κ2) is 7.31. The Labute approximate surface area is 151 Å². The first-order valence-electron chi connectivity index (χ1n) is 8.27. The van der Waals surface area contributed by atoms with Crippen molar-refractivity contribution in [3.8, 4) is 0 Å². The number of aliphatic imine (C=N–C) groups is 1. The third-order valence-electron chi connectivity index (χ3n) is 4.28. The van der Waals surface area contributed by atoms with E-state index in [9.17, 15) is 14.4 Å². The molecule has 132 valence electrons. The smallest absolute Gasteiger partial charge is 0.265 e. The maximum atomic E-state index is 13.0. The van der Waals surface area contributed by atoms with Gasteiger partial charge in [0.25, 0.3) is 5.91 Å². The molecule has 1 aliphatic heterocycles. The average molecular weight is 349 g/mol. The lowest BCUT2D eigenvalue weighted by atomic mass is 9.89. The van der Waals surface area contributed by atoms with Crippen molar-refractivity contribution in [2.75, 3.05) is 18.5 Å². The van der Waals surface area contributed by atoms with Gasteiger partial charge in [0, 0.05) is 18.8 Å². The molecule has 0 bridgehead atoms. The van der Waals surface area contributed by atoms with E-state index in [1.807, 2.05) is 19.1 Å². The van der Waals surface area contributed by atoms with Gasteiger partial charge in [-0.05, 0) is 30.7 Å². The summed E-state index contributed by atoms with van der Waals surface area (Å²) in [6, 6.07) is 14.2. The molecule has 0 saturated carbocycles. The standard InChI is InChI=1S/C20H19N3O3/c1-13-7-9-14(10-8-13)23-19(25)16-6-4-3-5-15(16)17(20(23)26)11-22-12-18(24)21-2/h3-11,17H,12H2,1-2H3,(H,21,24)/t17-/m1/s1. The van der Waals surface area contributed by atoms with Crippen LogP contribution in [0.2, 0.25) is 0 Å². The number of nitrogens with one attached hydrogen (secondary N) is 1. The van der Waals surface area contributed by atoms with Gasteiger partial charge in [-0.25, -0.2) is 4.90 Å². The van der Waals surface area contributed by atoms with E-state index in [0.717, 1.165) is 5.56 Å². The van der Waals surface area contributed by atoms with Crippen molar-refractivity contribution in [1.82, 2.24) is 5.32 Å². The van der Waals surface area contributed by atoms with Crippen LogP contribution in [0.1, 0.15) is 27.4 Å². The molecule has 6 nitrogen and oxygen atoms in total. The minimum Gasteiger partial charge on any atom is -0.358 e. The Bertz CT molecular complexity index is 887. The van der Waals surface area contributed by atoms with Crippen LogP contribution in [0, 0.1) is 6.92 Å². The minimum absolute atomic E-state index is 0.0685. The highest BCUT2D eigenvalue weighted by molar-refractivity contribution is 6.29. The van der Waals surface area contributed by atoms with Crippen LogP contribution < -0.4 is 10.2 Å². The van der Waals surface area contributed by atoms with Gasteiger partial charge < -0.3 is 5.32 Å². The summed E-state index contributed by atoms with van der Waals surface area (Å²) in [5.41, 5.74) is 2.62. The van der Waals surface area contributed by atoms with Crippen molar-refractivity contribution in [2.24, 2.45) is 4.99 Å². The number of carbonyl (C=O) groups excluding carboxylic acids is 3. The number of fused-ring (bicyclic) bond motifs is 1.